The molecule has 0 bridgehead atoms. The second-order valence-corrected chi connectivity index (χ2v) is 4.87. The van der Waals surface area contributed by atoms with Crippen LogP contribution < -0.4 is 5.32 Å². The van der Waals surface area contributed by atoms with Crippen LogP contribution in [0.3, 0.4) is 0 Å². The molecular formula is C15H22N2O. The van der Waals surface area contributed by atoms with Gasteiger partial charge in [0.05, 0.1) is 6.10 Å². The van der Waals surface area contributed by atoms with E-state index in [9.17, 15) is 5.11 Å². The number of hydrogen-bond donors (Lipinski definition) is 2. The number of para-hydroxylation sites is 1. The average molecular weight is 246 g/mol. The smallest absolute Gasteiger partial charge is 0.0963 e. The third-order valence-electron chi connectivity index (χ3n) is 3.74. The van der Waals surface area contributed by atoms with Gasteiger partial charge >= 0.3 is 0 Å². The van der Waals surface area contributed by atoms with E-state index in [1.165, 1.54) is 5.52 Å². The van der Waals surface area contributed by atoms with Gasteiger partial charge in [0.1, 0.15) is 0 Å². The highest BCUT2D eigenvalue weighted by atomic mass is 16.3. The molecule has 0 aliphatic carbocycles. The minimum atomic E-state index is -0.476. The van der Waals surface area contributed by atoms with E-state index in [4.69, 9.17) is 0 Å². The summed E-state index contributed by atoms with van der Waals surface area (Å²) < 4.78 is 2.15. The van der Waals surface area contributed by atoms with Crippen molar-refractivity contribution in [2.45, 2.75) is 32.9 Å². The van der Waals surface area contributed by atoms with Gasteiger partial charge in [-0.2, -0.15) is 0 Å². The van der Waals surface area contributed by atoms with Crippen LogP contribution in [0.2, 0.25) is 0 Å². The number of aliphatic hydroxyl groups excluding tert-OH is 1. The number of aliphatic hydroxyl groups is 1. The Bertz CT molecular complexity index is 545. The Kier molecular flexibility index (Phi) is 3.73. The molecule has 0 saturated carbocycles. The largest absolute Gasteiger partial charge is 0.387 e. The van der Waals surface area contributed by atoms with Crippen LogP contribution in [-0.4, -0.2) is 22.3 Å². The highest BCUT2D eigenvalue weighted by Gasteiger charge is 2.22. The standard InChI is InChI=1S/C15H22N2O/c1-5-16-10(2)15(18)14-11(3)17(4)13-9-7-6-8-12(13)14/h6-10,15-16,18H,5H2,1-4H3. The Balaban J connectivity index is 2.53. The molecule has 0 saturated heterocycles. The molecule has 1 aromatic carbocycles. The third kappa shape index (κ3) is 2.04. The van der Waals surface area contributed by atoms with Crippen LogP contribution in [0.25, 0.3) is 10.9 Å². The van der Waals surface area contributed by atoms with Gasteiger partial charge < -0.3 is 15.0 Å². The molecule has 2 unspecified atom stereocenters. The second kappa shape index (κ2) is 5.12. The summed E-state index contributed by atoms with van der Waals surface area (Å²) in [6, 6.07) is 8.29. The highest BCUT2D eigenvalue weighted by Crippen LogP contribution is 2.31. The number of rotatable bonds is 4. The number of benzene rings is 1. The zero-order valence-electron chi connectivity index (χ0n) is 11.6. The first-order valence-electron chi connectivity index (χ1n) is 6.53. The van der Waals surface area contributed by atoms with Gasteiger partial charge in [-0.25, -0.2) is 0 Å². The summed E-state index contributed by atoms with van der Waals surface area (Å²) in [7, 11) is 2.05. The van der Waals surface area contributed by atoms with Crippen molar-refractivity contribution >= 4 is 10.9 Å². The molecule has 98 valence electrons. The molecule has 2 atom stereocenters. The maximum absolute atomic E-state index is 10.5. The fraction of sp³-hybridized carbons (Fsp3) is 0.467. The zero-order chi connectivity index (χ0) is 13.3. The molecule has 0 radical (unpaired) electrons. The van der Waals surface area contributed by atoms with E-state index < -0.39 is 6.10 Å². The van der Waals surface area contributed by atoms with Gasteiger partial charge in [0.25, 0.3) is 0 Å². The van der Waals surface area contributed by atoms with E-state index in [2.05, 4.69) is 35.9 Å². The SMILES string of the molecule is CCNC(C)C(O)c1c(C)n(C)c2ccccc12. The van der Waals surface area contributed by atoms with E-state index >= 15 is 0 Å². The Labute approximate surface area is 108 Å². The molecule has 0 spiro atoms. The number of fused-ring (bicyclic) bond motifs is 1. The van der Waals surface area contributed by atoms with E-state index in [1.54, 1.807) is 0 Å². The summed E-state index contributed by atoms with van der Waals surface area (Å²) in [4.78, 5) is 0. The molecule has 1 aromatic heterocycles. The maximum atomic E-state index is 10.5. The number of likely N-dealkylation sites (N-methyl/N-ethyl adjacent to an activating group) is 1. The Hall–Kier alpha value is -1.32. The second-order valence-electron chi connectivity index (χ2n) is 4.87. The predicted octanol–water partition coefficient (Wildman–Crippen LogP) is 2.52. The number of aromatic nitrogens is 1. The number of aryl methyl sites for hydroxylation is 1. The topological polar surface area (TPSA) is 37.2 Å². The molecule has 3 heteroatoms. The van der Waals surface area contributed by atoms with Gasteiger partial charge in [0.15, 0.2) is 0 Å². The van der Waals surface area contributed by atoms with Crippen molar-refractivity contribution in [2.75, 3.05) is 6.54 Å². The van der Waals surface area contributed by atoms with Crippen molar-refractivity contribution in [2.24, 2.45) is 7.05 Å². The molecule has 0 aliphatic rings. The first-order chi connectivity index (χ1) is 8.57. The molecule has 0 fully saturated rings. The van der Waals surface area contributed by atoms with Crippen molar-refractivity contribution < 1.29 is 5.11 Å². The Morgan fingerprint density at radius 1 is 1.33 bits per heavy atom. The summed E-state index contributed by atoms with van der Waals surface area (Å²) in [6.07, 6.45) is -0.476. The van der Waals surface area contributed by atoms with Crippen LogP contribution in [0.5, 0.6) is 0 Å². The maximum Gasteiger partial charge on any atom is 0.0963 e. The summed E-state index contributed by atoms with van der Waals surface area (Å²) in [5.74, 6) is 0. The lowest BCUT2D eigenvalue weighted by atomic mass is 10.0. The van der Waals surface area contributed by atoms with Crippen LogP contribution in [0.15, 0.2) is 24.3 Å². The van der Waals surface area contributed by atoms with E-state index in [0.717, 1.165) is 23.2 Å². The monoisotopic (exact) mass is 246 g/mol. The average Bonchev–Trinajstić information content (AvgIpc) is 2.62. The normalized spacial score (nSPS) is 14.9. The number of nitrogens with zero attached hydrogens (tertiary/aromatic N) is 1. The van der Waals surface area contributed by atoms with Gasteiger partial charge in [0.2, 0.25) is 0 Å². The van der Waals surface area contributed by atoms with Gasteiger partial charge in [-0.1, -0.05) is 25.1 Å². The fourth-order valence-electron chi connectivity index (χ4n) is 2.61. The number of nitrogens with one attached hydrogen (secondary N) is 1. The van der Waals surface area contributed by atoms with Crippen molar-refractivity contribution in [3.8, 4) is 0 Å². The molecule has 0 amide bonds. The minimum Gasteiger partial charge on any atom is -0.387 e. The van der Waals surface area contributed by atoms with Gasteiger partial charge in [-0.15, -0.1) is 0 Å². The van der Waals surface area contributed by atoms with Gasteiger partial charge in [0, 0.05) is 35.2 Å². The lowest BCUT2D eigenvalue weighted by molar-refractivity contribution is 0.137. The van der Waals surface area contributed by atoms with Gasteiger partial charge in [-0.05, 0) is 26.5 Å². The van der Waals surface area contributed by atoms with E-state index in [1.807, 2.05) is 26.1 Å². The number of hydrogen-bond acceptors (Lipinski definition) is 2. The minimum absolute atomic E-state index is 0.0551. The third-order valence-corrected chi connectivity index (χ3v) is 3.74. The first kappa shape index (κ1) is 13.1. The van der Waals surface area contributed by atoms with Crippen LogP contribution >= 0.6 is 0 Å². The van der Waals surface area contributed by atoms with Crippen LogP contribution in [0.1, 0.15) is 31.2 Å². The van der Waals surface area contributed by atoms with E-state index in [0.29, 0.717) is 0 Å². The Morgan fingerprint density at radius 3 is 2.67 bits per heavy atom. The molecule has 2 N–H and O–H groups in total. The predicted molar refractivity (Wildman–Crippen MR) is 75.8 cm³/mol. The van der Waals surface area contributed by atoms with Gasteiger partial charge in [-0.3, -0.25) is 0 Å². The van der Waals surface area contributed by atoms with Crippen molar-refractivity contribution in [1.29, 1.82) is 0 Å². The molecule has 18 heavy (non-hydrogen) atoms. The molecule has 0 aliphatic heterocycles. The molecule has 2 aromatic rings. The highest BCUT2D eigenvalue weighted by molar-refractivity contribution is 5.85. The lowest BCUT2D eigenvalue weighted by Gasteiger charge is -2.20. The summed E-state index contributed by atoms with van der Waals surface area (Å²) in [5.41, 5.74) is 3.35. The summed E-state index contributed by atoms with van der Waals surface area (Å²) in [6.45, 7) is 7.01. The summed E-state index contributed by atoms with van der Waals surface area (Å²) in [5, 5.41) is 15.0. The summed E-state index contributed by atoms with van der Waals surface area (Å²) >= 11 is 0. The van der Waals surface area contributed by atoms with Crippen LogP contribution in [0, 0.1) is 6.92 Å². The molecule has 1 heterocycles. The first-order valence-corrected chi connectivity index (χ1v) is 6.53. The quantitative estimate of drug-likeness (QED) is 0.870. The Morgan fingerprint density at radius 2 is 2.00 bits per heavy atom. The lowest BCUT2D eigenvalue weighted by Crippen LogP contribution is -2.32. The van der Waals surface area contributed by atoms with Crippen molar-refractivity contribution in [1.82, 2.24) is 9.88 Å². The van der Waals surface area contributed by atoms with Crippen molar-refractivity contribution in [3.63, 3.8) is 0 Å². The molecular weight excluding hydrogens is 224 g/mol. The fourth-order valence-corrected chi connectivity index (χ4v) is 2.61. The van der Waals surface area contributed by atoms with Crippen LogP contribution in [-0.2, 0) is 7.05 Å². The van der Waals surface area contributed by atoms with E-state index in [-0.39, 0.29) is 6.04 Å². The molecule has 2 rings (SSSR count). The van der Waals surface area contributed by atoms with Crippen molar-refractivity contribution in [3.05, 3.63) is 35.5 Å². The zero-order valence-corrected chi connectivity index (χ0v) is 11.6. The van der Waals surface area contributed by atoms with Crippen LogP contribution in [0.4, 0.5) is 0 Å². The molecule has 3 nitrogen and oxygen atoms in total.